The van der Waals surface area contributed by atoms with Gasteiger partial charge in [0.25, 0.3) is 0 Å². The molecule has 4 nitrogen and oxygen atoms in total. The fourth-order valence-corrected chi connectivity index (χ4v) is 5.54. The summed E-state index contributed by atoms with van der Waals surface area (Å²) in [5.41, 5.74) is 0. The maximum Gasteiger partial charge on any atom is 0.250 e. The highest BCUT2D eigenvalue weighted by Crippen LogP contribution is 2.28. The van der Waals surface area contributed by atoms with Crippen LogP contribution in [0.4, 0.5) is 0 Å². The van der Waals surface area contributed by atoms with E-state index in [2.05, 4.69) is 25.5 Å². The lowest BCUT2D eigenvalue weighted by atomic mass is 9.84. The second kappa shape index (κ2) is 9.99. The number of rotatable bonds is 11. The van der Waals surface area contributed by atoms with Crippen LogP contribution in [0.3, 0.4) is 0 Å². The Labute approximate surface area is 149 Å². The standard InChI is InChI=1S/C16H28ClNO3S2/c1-4-5-6-7-8-13(12(2)3)14(11-19)18-23(20,21)16-10-9-15(17)22-16/h9-10,12-14,18-19H,4-8,11H2,1-3H3/t13-,14+/m1/s1. The second-order valence-corrected chi connectivity index (χ2v) is 9.88. The predicted octanol–water partition coefficient (Wildman–Crippen LogP) is 4.28. The van der Waals surface area contributed by atoms with E-state index in [0.717, 1.165) is 30.6 Å². The first-order chi connectivity index (χ1) is 10.8. The zero-order valence-corrected chi connectivity index (χ0v) is 16.5. The van der Waals surface area contributed by atoms with Crippen LogP contribution in [0.15, 0.2) is 16.3 Å². The molecule has 7 heteroatoms. The van der Waals surface area contributed by atoms with Crippen molar-refractivity contribution in [2.24, 2.45) is 11.8 Å². The lowest BCUT2D eigenvalue weighted by molar-refractivity contribution is 0.177. The molecule has 0 saturated heterocycles. The van der Waals surface area contributed by atoms with Crippen LogP contribution in [-0.4, -0.2) is 26.2 Å². The second-order valence-electron chi connectivity index (χ2n) is 6.23. The average molecular weight is 382 g/mol. The molecule has 1 rings (SSSR count). The van der Waals surface area contributed by atoms with Crippen LogP contribution in [-0.2, 0) is 10.0 Å². The van der Waals surface area contributed by atoms with E-state index in [0.29, 0.717) is 10.3 Å². The Morgan fingerprint density at radius 1 is 1.26 bits per heavy atom. The van der Waals surface area contributed by atoms with E-state index in [4.69, 9.17) is 11.6 Å². The lowest BCUT2D eigenvalue weighted by Gasteiger charge is -2.29. The summed E-state index contributed by atoms with van der Waals surface area (Å²) in [5, 5.41) is 9.71. The van der Waals surface area contributed by atoms with Crippen molar-refractivity contribution >= 4 is 33.0 Å². The van der Waals surface area contributed by atoms with Gasteiger partial charge in [0.1, 0.15) is 4.21 Å². The molecule has 0 saturated carbocycles. The number of sulfonamides is 1. The molecule has 0 bridgehead atoms. The van der Waals surface area contributed by atoms with Crippen molar-refractivity contribution in [3.8, 4) is 0 Å². The third-order valence-corrected chi connectivity index (χ3v) is 7.29. The molecule has 0 radical (unpaired) electrons. The van der Waals surface area contributed by atoms with E-state index in [1.54, 1.807) is 6.07 Å². The van der Waals surface area contributed by atoms with Crippen LogP contribution in [0.1, 0.15) is 52.9 Å². The van der Waals surface area contributed by atoms with E-state index in [1.807, 2.05) is 0 Å². The predicted molar refractivity (Wildman–Crippen MR) is 97.6 cm³/mol. The zero-order chi connectivity index (χ0) is 17.5. The maximum absolute atomic E-state index is 12.4. The number of nitrogens with one attached hydrogen (secondary N) is 1. The van der Waals surface area contributed by atoms with Gasteiger partial charge in [-0.15, -0.1) is 11.3 Å². The SMILES string of the molecule is CCCCCC[C@H](C(C)C)[C@H](CO)NS(=O)(=O)c1ccc(Cl)s1. The fraction of sp³-hybridized carbons (Fsp3) is 0.750. The quantitative estimate of drug-likeness (QED) is 0.562. The Balaban J connectivity index is 2.78. The highest BCUT2D eigenvalue weighted by atomic mass is 35.5. The summed E-state index contributed by atoms with van der Waals surface area (Å²) >= 11 is 6.85. The summed E-state index contributed by atoms with van der Waals surface area (Å²) in [6.07, 6.45) is 5.47. The van der Waals surface area contributed by atoms with Crippen LogP contribution in [0.2, 0.25) is 4.34 Å². The Kier molecular flexibility index (Phi) is 9.08. The number of unbranched alkanes of at least 4 members (excludes halogenated alkanes) is 3. The Morgan fingerprint density at radius 2 is 1.96 bits per heavy atom. The Bertz CT molecular complexity index is 557. The van der Waals surface area contributed by atoms with E-state index in [1.165, 1.54) is 18.9 Å². The van der Waals surface area contributed by atoms with E-state index >= 15 is 0 Å². The molecule has 0 fully saturated rings. The molecule has 0 aromatic carbocycles. The summed E-state index contributed by atoms with van der Waals surface area (Å²) in [7, 11) is -3.64. The molecule has 1 aromatic heterocycles. The number of aliphatic hydroxyl groups is 1. The normalized spacial score (nSPS) is 15.0. The summed E-state index contributed by atoms with van der Waals surface area (Å²) in [5.74, 6) is 0.408. The first-order valence-electron chi connectivity index (χ1n) is 8.20. The minimum absolute atomic E-state index is 0.113. The smallest absolute Gasteiger partial charge is 0.250 e. The topological polar surface area (TPSA) is 66.4 Å². The van der Waals surface area contributed by atoms with Crippen molar-refractivity contribution in [1.82, 2.24) is 4.72 Å². The van der Waals surface area contributed by atoms with Gasteiger partial charge in [0, 0.05) is 6.04 Å². The van der Waals surface area contributed by atoms with Crippen LogP contribution in [0.5, 0.6) is 0 Å². The first kappa shape index (κ1) is 20.9. The summed E-state index contributed by atoms with van der Waals surface area (Å²) in [6.45, 7) is 6.11. The molecule has 2 N–H and O–H groups in total. The molecule has 0 spiro atoms. The van der Waals surface area contributed by atoms with Crippen molar-refractivity contribution in [2.75, 3.05) is 6.61 Å². The first-order valence-corrected chi connectivity index (χ1v) is 10.9. The third-order valence-electron chi connectivity index (χ3n) is 4.08. The summed E-state index contributed by atoms with van der Waals surface area (Å²) < 4.78 is 28.2. The van der Waals surface area contributed by atoms with E-state index in [9.17, 15) is 13.5 Å². The van der Waals surface area contributed by atoms with E-state index < -0.39 is 16.1 Å². The molecule has 134 valence electrons. The Hall–Kier alpha value is -0.140. The number of thiophene rings is 1. The molecule has 1 heterocycles. The molecule has 0 amide bonds. The van der Waals surface area contributed by atoms with Crippen molar-refractivity contribution in [3.05, 3.63) is 16.5 Å². The molecule has 1 aromatic rings. The van der Waals surface area contributed by atoms with Gasteiger partial charge in [-0.25, -0.2) is 13.1 Å². The van der Waals surface area contributed by atoms with Gasteiger partial charge in [-0.1, -0.05) is 58.1 Å². The van der Waals surface area contributed by atoms with Gasteiger partial charge in [-0.05, 0) is 30.4 Å². The minimum atomic E-state index is -3.64. The summed E-state index contributed by atoms with van der Waals surface area (Å²) in [6, 6.07) is 2.59. The van der Waals surface area contributed by atoms with Crippen molar-refractivity contribution in [2.45, 2.75) is 63.1 Å². The molecular formula is C16H28ClNO3S2. The highest BCUT2D eigenvalue weighted by Gasteiger charge is 2.29. The lowest BCUT2D eigenvalue weighted by Crippen LogP contribution is -2.44. The molecule has 0 aliphatic rings. The zero-order valence-electron chi connectivity index (χ0n) is 14.1. The maximum atomic E-state index is 12.4. The van der Waals surface area contributed by atoms with Crippen LogP contribution >= 0.6 is 22.9 Å². The molecule has 0 unspecified atom stereocenters. The monoisotopic (exact) mass is 381 g/mol. The van der Waals surface area contributed by atoms with Crippen LogP contribution in [0.25, 0.3) is 0 Å². The van der Waals surface area contributed by atoms with Gasteiger partial charge in [0.15, 0.2) is 0 Å². The fourth-order valence-electron chi connectivity index (χ4n) is 2.77. The molecule has 2 atom stereocenters. The number of hydrogen-bond donors (Lipinski definition) is 2. The Morgan fingerprint density at radius 3 is 2.43 bits per heavy atom. The van der Waals surface area contributed by atoms with Crippen LogP contribution < -0.4 is 4.72 Å². The average Bonchev–Trinajstić information content (AvgIpc) is 2.92. The largest absolute Gasteiger partial charge is 0.395 e. The number of halogens is 1. The highest BCUT2D eigenvalue weighted by molar-refractivity contribution is 7.91. The van der Waals surface area contributed by atoms with Gasteiger partial charge < -0.3 is 5.11 Å². The molecule has 0 aliphatic carbocycles. The van der Waals surface area contributed by atoms with E-state index in [-0.39, 0.29) is 16.7 Å². The number of aliphatic hydroxyl groups excluding tert-OH is 1. The van der Waals surface area contributed by atoms with Crippen molar-refractivity contribution < 1.29 is 13.5 Å². The summed E-state index contributed by atoms with van der Waals surface area (Å²) in [4.78, 5) is 0. The third kappa shape index (κ3) is 6.70. The van der Waals surface area contributed by atoms with Gasteiger partial charge in [-0.2, -0.15) is 0 Å². The van der Waals surface area contributed by atoms with Gasteiger partial charge in [0.2, 0.25) is 10.0 Å². The van der Waals surface area contributed by atoms with Crippen molar-refractivity contribution in [1.29, 1.82) is 0 Å². The van der Waals surface area contributed by atoms with Gasteiger partial charge in [-0.3, -0.25) is 0 Å². The minimum Gasteiger partial charge on any atom is -0.395 e. The van der Waals surface area contributed by atoms with Gasteiger partial charge in [0.05, 0.1) is 10.9 Å². The molecular weight excluding hydrogens is 354 g/mol. The number of hydrogen-bond acceptors (Lipinski definition) is 4. The van der Waals surface area contributed by atoms with Crippen molar-refractivity contribution in [3.63, 3.8) is 0 Å². The molecule has 23 heavy (non-hydrogen) atoms. The molecule has 0 aliphatic heterocycles. The van der Waals surface area contributed by atoms with Gasteiger partial charge >= 0.3 is 0 Å². The van der Waals surface area contributed by atoms with Crippen LogP contribution in [0, 0.1) is 11.8 Å².